The Balaban J connectivity index is 1.34. The van der Waals surface area contributed by atoms with E-state index in [1.807, 2.05) is 60.7 Å². The highest BCUT2D eigenvalue weighted by Gasteiger charge is 2.30. The molecule has 0 radical (unpaired) electrons. The van der Waals surface area contributed by atoms with Crippen LogP contribution in [0, 0.1) is 0 Å². The Kier molecular flexibility index (Phi) is 5.50. The van der Waals surface area contributed by atoms with Crippen molar-refractivity contribution in [1.82, 2.24) is 9.80 Å². The van der Waals surface area contributed by atoms with Crippen molar-refractivity contribution in [2.45, 2.75) is 19.5 Å². The molecule has 0 N–H and O–H groups in total. The summed E-state index contributed by atoms with van der Waals surface area (Å²) in [7, 11) is 0. The number of carbonyl (C=O) groups is 2. The normalized spacial score (nSPS) is 13.9. The maximum Gasteiger partial charge on any atom is 0.254 e. The predicted molar refractivity (Wildman–Crippen MR) is 119 cm³/mol. The van der Waals surface area contributed by atoms with Crippen LogP contribution in [0.2, 0.25) is 0 Å². The summed E-state index contributed by atoms with van der Waals surface area (Å²) >= 11 is 0. The molecule has 6 heteroatoms. The van der Waals surface area contributed by atoms with Crippen molar-refractivity contribution in [1.29, 1.82) is 0 Å². The van der Waals surface area contributed by atoms with Gasteiger partial charge in [-0.05, 0) is 29.7 Å². The zero-order valence-electron chi connectivity index (χ0n) is 17.7. The Morgan fingerprint density at radius 3 is 2.59 bits per heavy atom. The van der Waals surface area contributed by atoms with Gasteiger partial charge in [0.1, 0.15) is 6.54 Å². The molecule has 0 atom stereocenters. The molecule has 0 fully saturated rings. The van der Waals surface area contributed by atoms with Gasteiger partial charge in [0.25, 0.3) is 5.91 Å². The summed E-state index contributed by atoms with van der Waals surface area (Å²) in [5.41, 5.74) is 3.71. The molecule has 5 rings (SSSR count). The fraction of sp³-hybridized carbons (Fsp3) is 0.231. The van der Waals surface area contributed by atoms with Crippen LogP contribution in [0.15, 0.2) is 72.8 Å². The van der Waals surface area contributed by atoms with E-state index in [-0.39, 0.29) is 25.2 Å². The van der Waals surface area contributed by atoms with Gasteiger partial charge in [-0.25, -0.2) is 0 Å². The van der Waals surface area contributed by atoms with Crippen LogP contribution < -0.4 is 9.47 Å². The van der Waals surface area contributed by atoms with Crippen LogP contribution in [-0.4, -0.2) is 41.5 Å². The standard InChI is InChI=1S/C26H24N2O4/c29-24(17-28-15-20-9-4-5-11-22(20)26(28)30)27(14-13-19-7-2-1-3-8-19)16-21-10-6-12-23-25(21)32-18-31-23/h1-12H,13-18H2. The molecule has 2 heterocycles. The van der Waals surface area contributed by atoms with Crippen LogP contribution >= 0.6 is 0 Å². The lowest BCUT2D eigenvalue weighted by Crippen LogP contribution is -2.41. The molecule has 0 aliphatic carbocycles. The number of fused-ring (bicyclic) bond motifs is 2. The van der Waals surface area contributed by atoms with Gasteiger partial charge in [0, 0.05) is 30.8 Å². The average Bonchev–Trinajstić information content (AvgIpc) is 3.43. The highest BCUT2D eigenvalue weighted by Crippen LogP contribution is 2.36. The van der Waals surface area contributed by atoms with Crippen molar-refractivity contribution in [3.63, 3.8) is 0 Å². The van der Waals surface area contributed by atoms with E-state index in [9.17, 15) is 9.59 Å². The van der Waals surface area contributed by atoms with E-state index in [2.05, 4.69) is 12.1 Å². The molecular formula is C26H24N2O4. The van der Waals surface area contributed by atoms with Gasteiger partial charge in [-0.3, -0.25) is 9.59 Å². The average molecular weight is 428 g/mol. The molecular weight excluding hydrogens is 404 g/mol. The molecule has 3 aromatic carbocycles. The molecule has 0 saturated heterocycles. The van der Waals surface area contributed by atoms with Crippen molar-refractivity contribution < 1.29 is 19.1 Å². The number of benzene rings is 3. The fourth-order valence-electron chi connectivity index (χ4n) is 4.23. The number of ether oxygens (including phenoxy) is 2. The number of para-hydroxylation sites is 1. The molecule has 162 valence electrons. The second-order valence-electron chi connectivity index (χ2n) is 8.02. The molecule has 2 aliphatic rings. The zero-order chi connectivity index (χ0) is 21.9. The Bertz CT molecular complexity index is 1150. The first-order valence-electron chi connectivity index (χ1n) is 10.8. The predicted octanol–water partition coefficient (Wildman–Crippen LogP) is 3.64. The summed E-state index contributed by atoms with van der Waals surface area (Å²) in [6.07, 6.45) is 0.729. The van der Waals surface area contributed by atoms with Crippen molar-refractivity contribution in [3.8, 4) is 11.5 Å². The molecule has 0 bridgehead atoms. The van der Waals surface area contributed by atoms with Gasteiger partial charge in [0.15, 0.2) is 11.5 Å². The number of amides is 2. The van der Waals surface area contributed by atoms with E-state index < -0.39 is 0 Å². The SMILES string of the molecule is O=C(CN1Cc2ccccc2C1=O)N(CCc1ccccc1)Cc1cccc2c1OCO2. The summed E-state index contributed by atoms with van der Waals surface area (Å²) in [5.74, 6) is 1.21. The van der Waals surface area contributed by atoms with Crippen LogP contribution in [0.3, 0.4) is 0 Å². The third kappa shape index (κ3) is 4.04. The summed E-state index contributed by atoms with van der Waals surface area (Å²) in [4.78, 5) is 29.6. The Labute approximate surface area is 187 Å². The quantitative estimate of drug-likeness (QED) is 0.577. The Hall–Kier alpha value is -3.80. The molecule has 32 heavy (non-hydrogen) atoms. The third-order valence-corrected chi connectivity index (χ3v) is 5.93. The van der Waals surface area contributed by atoms with Gasteiger partial charge in [0.05, 0.1) is 0 Å². The second kappa shape index (κ2) is 8.75. The van der Waals surface area contributed by atoms with Gasteiger partial charge in [0.2, 0.25) is 12.7 Å². The smallest absolute Gasteiger partial charge is 0.254 e. The fourth-order valence-corrected chi connectivity index (χ4v) is 4.23. The minimum Gasteiger partial charge on any atom is -0.454 e. The first kappa shape index (κ1) is 20.1. The monoisotopic (exact) mass is 428 g/mol. The van der Waals surface area contributed by atoms with Gasteiger partial charge in [-0.1, -0.05) is 60.7 Å². The topological polar surface area (TPSA) is 59.1 Å². The summed E-state index contributed by atoms with van der Waals surface area (Å²) in [6.45, 7) is 1.64. The summed E-state index contributed by atoms with van der Waals surface area (Å²) in [6, 6.07) is 23.3. The minimum atomic E-state index is -0.0886. The van der Waals surface area contributed by atoms with Crippen molar-refractivity contribution in [2.75, 3.05) is 19.9 Å². The number of hydrogen-bond acceptors (Lipinski definition) is 4. The van der Waals surface area contributed by atoms with Crippen LogP contribution in [-0.2, 0) is 24.3 Å². The zero-order valence-corrected chi connectivity index (χ0v) is 17.7. The van der Waals surface area contributed by atoms with Gasteiger partial charge in [-0.2, -0.15) is 0 Å². The molecule has 2 aliphatic heterocycles. The highest BCUT2D eigenvalue weighted by atomic mass is 16.7. The van der Waals surface area contributed by atoms with E-state index >= 15 is 0 Å². The minimum absolute atomic E-state index is 0.0503. The Morgan fingerprint density at radius 1 is 0.938 bits per heavy atom. The van der Waals surface area contributed by atoms with Gasteiger partial charge in [-0.15, -0.1) is 0 Å². The van der Waals surface area contributed by atoms with Crippen LogP contribution in [0.1, 0.15) is 27.0 Å². The lowest BCUT2D eigenvalue weighted by Gasteiger charge is -2.26. The lowest BCUT2D eigenvalue weighted by molar-refractivity contribution is -0.132. The maximum absolute atomic E-state index is 13.4. The van der Waals surface area contributed by atoms with Gasteiger partial charge >= 0.3 is 0 Å². The molecule has 0 unspecified atom stereocenters. The molecule has 0 spiro atoms. The van der Waals surface area contributed by atoms with Crippen LogP contribution in [0.25, 0.3) is 0 Å². The molecule has 0 aromatic heterocycles. The summed E-state index contributed by atoms with van der Waals surface area (Å²) in [5, 5.41) is 0. The molecule has 6 nitrogen and oxygen atoms in total. The van der Waals surface area contributed by atoms with E-state index in [4.69, 9.17) is 9.47 Å². The van der Waals surface area contributed by atoms with E-state index in [1.54, 1.807) is 9.80 Å². The number of hydrogen-bond donors (Lipinski definition) is 0. The van der Waals surface area contributed by atoms with Crippen molar-refractivity contribution in [3.05, 3.63) is 95.1 Å². The van der Waals surface area contributed by atoms with Crippen LogP contribution in [0.4, 0.5) is 0 Å². The van der Waals surface area contributed by atoms with Gasteiger partial charge < -0.3 is 19.3 Å². The second-order valence-corrected chi connectivity index (χ2v) is 8.02. The largest absolute Gasteiger partial charge is 0.454 e. The number of rotatable bonds is 7. The number of nitrogens with zero attached hydrogens (tertiary/aromatic N) is 2. The van der Waals surface area contributed by atoms with Crippen LogP contribution in [0.5, 0.6) is 11.5 Å². The van der Waals surface area contributed by atoms with E-state index in [0.717, 1.165) is 23.1 Å². The molecule has 0 saturated carbocycles. The maximum atomic E-state index is 13.4. The molecule has 3 aromatic rings. The van der Waals surface area contributed by atoms with E-state index in [1.165, 1.54) is 0 Å². The lowest BCUT2D eigenvalue weighted by atomic mass is 10.1. The Morgan fingerprint density at radius 2 is 1.75 bits per heavy atom. The summed E-state index contributed by atoms with van der Waals surface area (Å²) < 4.78 is 11.1. The number of carbonyl (C=O) groups excluding carboxylic acids is 2. The van der Waals surface area contributed by atoms with E-state index in [0.29, 0.717) is 36.7 Å². The first-order chi connectivity index (χ1) is 15.7. The van der Waals surface area contributed by atoms with Crippen molar-refractivity contribution in [2.24, 2.45) is 0 Å². The first-order valence-corrected chi connectivity index (χ1v) is 10.8. The molecule has 2 amide bonds. The highest BCUT2D eigenvalue weighted by molar-refractivity contribution is 6.00. The van der Waals surface area contributed by atoms with Crippen molar-refractivity contribution >= 4 is 11.8 Å². The third-order valence-electron chi connectivity index (χ3n) is 5.93.